The van der Waals surface area contributed by atoms with E-state index in [2.05, 4.69) is 10.6 Å². The molecule has 0 aliphatic carbocycles. The zero-order valence-corrected chi connectivity index (χ0v) is 23.9. The Morgan fingerprint density at radius 1 is 0.690 bits per heavy atom. The predicted molar refractivity (Wildman–Crippen MR) is 162 cm³/mol. The van der Waals surface area contributed by atoms with Crippen molar-refractivity contribution >= 4 is 46.5 Å². The molecule has 0 aromatic heterocycles. The predicted octanol–water partition coefficient (Wildman–Crippen LogP) is 5.95. The van der Waals surface area contributed by atoms with Crippen LogP contribution in [0.4, 0.5) is 17.1 Å². The fourth-order valence-corrected chi connectivity index (χ4v) is 5.19. The molecule has 1 aliphatic rings. The molecule has 0 bridgehead atoms. The summed E-state index contributed by atoms with van der Waals surface area (Å²) in [6.07, 6.45) is 0. The largest absolute Gasteiger partial charge is 0.497 e. The summed E-state index contributed by atoms with van der Waals surface area (Å²) in [7, 11) is 4.67. The van der Waals surface area contributed by atoms with Gasteiger partial charge in [0.2, 0.25) is 0 Å². The number of carbonyl (C=O) groups is 3. The highest BCUT2D eigenvalue weighted by Crippen LogP contribution is 2.39. The van der Waals surface area contributed by atoms with E-state index >= 15 is 0 Å². The number of hydrogen-bond donors (Lipinski definition) is 2. The first-order chi connectivity index (χ1) is 20.4. The van der Waals surface area contributed by atoms with Crippen molar-refractivity contribution in [2.75, 3.05) is 36.9 Å². The van der Waals surface area contributed by atoms with Crippen LogP contribution in [-0.2, 0) is 9.59 Å². The normalized spacial score (nSPS) is 12.8. The van der Waals surface area contributed by atoms with Gasteiger partial charge in [0.05, 0.1) is 27.0 Å². The summed E-state index contributed by atoms with van der Waals surface area (Å²) in [5.74, 6) is 0.651. The van der Waals surface area contributed by atoms with E-state index in [1.165, 1.54) is 0 Å². The summed E-state index contributed by atoms with van der Waals surface area (Å²) in [6, 6.07) is 27.6. The Hall–Kier alpha value is -5.22. The fourth-order valence-electron chi connectivity index (χ4n) is 4.20. The Balaban J connectivity index is 1.43. The Labute approximate surface area is 247 Å². The minimum atomic E-state index is -0.493. The highest BCUT2D eigenvalue weighted by atomic mass is 32.2. The van der Waals surface area contributed by atoms with Gasteiger partial charge in [-0.1, -0.05) is 17.8 Å². The van der Waals surface area contributed by atoms with Gasteiger partial charge in [0, 0.05) is 21.8 Å². The monoisotopic (exact) mass is 581 g/mol. The molecule has 1 aliphatic heterocycles. The molecule has 0 saturated heterocycles. The SMILES string of the molecule is COc1ccc(NC2=C(Sc3cccc(NC(=O)c4ccc(OC)cc4)c3)C(=O)N(c3ccc(OC)cc3)C2=O)cc1. The summed E-state index contributed by atoms with van der Waals surface area (Å²) >= 11 is 1.13. The van der Waals surface area contributed by atoms with E-state index in [0.29, 0.717) is 44.8 Å². The fraction of sp³-hybridized carbons (Fsp3) is 0.0938. The lowest BCUT2D eigenvalue weighted by Crippen LogP contribution is -2.32. The van der Waals surface area contributed by atoms with Gasteiger partial charge in [-0.3, -0.25) is 14.4 Å². The number of rotatable bonds is 10. The number of carbonyl (C=O) groups excluding carboxylic acids is 3. The third kappa shape index (κ3) is 6.08. The van der Waals surface area contributed by atoms with Gasteiger partial charge in [-0.05, 0) is 91.0 Å². The van der Waals surface area contributed by atoms with E-state index in [1.807, 2.05) is 0 Å². The summed E-state index contributed by atoms with van der Waals surface area (Å²) in [5, 5.41) is 6.01. The summed E-state index contributed by atoms with van der Waals surface area (Å²) < 4.78 is 15.6. The summed E-state index contributed by atoms with van der Waals surface area (Å²) in [4.78, 5) is 42.2. The summed E-state index contributed by atoms with van der Waals surface area (Å²) in [6.45, 7) is 0. The number of amides is 3. The van der Waals surface area contributed by atoms with E-state index in [4.69, 9.17) is 14.2 Å². The standard InChI is InChI=1S/C32H27N3O6S/c1-39-24-13-7-20(8-14-24)30(36)34-22-5-4-6-27(19-22)42-29-28(33-21-9-15-25(40-2)16-10-21)31(37)35(32(29)38)23-11-17-26(41-3)18-12-23/h4-19,33H,1-3H3,(H,34,36). The van der Waals surface area contributed by atoms with E-state index in [1.54, 1.807) is 118 Å². The number of anilines is 3. The molecule has 0 fully saturated rings. The first-order valence-corrected chi connectivity index (χ1v) is 13.6. The number of nitrogens with zero attached hydrogens (tertiary/aromatic N) is 1. The molecule has 9 nitrogen and oxygen atoms in total. The molecule has 0 spiro atoms. The topological polar surface area (TPSA) is 106 Å². The number of hydrogen-bond acceptors (Lipinski definition) is 8. The molecule has 4 aromatic rings. The van der Waals surface area contributed by atoms with Gasteiger partial charge in [0.1, 0.15) is 27.9 Å². The van der Waals surface area contributed by atoms with Gasteiger partial charge in [0.25, 0.3) is 17.7 Å². The molecule has 4 aromatic carbocycles. The van der Waals surface area contributed by atoms with Crippen molar-refractivity contribution < 1.29 is 28.6 Å². The minimum absolute atomic E-state index is 0.138. The Morgan fingerprint density at radius 2 is 1.26 bits per heavy atom. The van der Waals surface area contributed by atoms with Crippen LogP contribution in [0, 0.1) is 0 Å². The lowest BCUT2D eigenvalue weighted by atomic mass is 10.2. The highest BCUT2D eigenvalue weighted by Gasteiger charge is 2.40. The van der Waals surface area contributed by atoms with Gasteiger partial charge in [-0.2, -0.15) is 0 Å². The van der Waals surface area contributed by atoms with Crippen molar-refractivity contribution in [1.82, 2.24) is 0 Å². The maximum absolute atomic E-state index is 13.7. The molecular weight excluding hydrogens is 554 g/mol. The van der Waals surface area contributed by atoms with Crippen LogP contribution in [0.15, 0.2) is 113 Å². The molecular formula is C32H27N3O6S. The van der Waals surface area contributed by atoms with Crippen molar-refractivity contribution in [3.63, 3.8) is 0 Å². The van der Waals surface area contributed by atoms with Crippen LogP contribution in [0.2, 0.25) is 0 Å². The van der Waals surface area contributed by atoms with Crippen LogP contribution in [0.25, 0.3) is 0 Å². The maximum Gasteiger partial charge on any atom is 0.283 e. The van der Waals surface area contributed by atoms with Crippen LogP contribution in [0.5, 0.6) is 17.2 Å². The van der Waals surface area contributed by atoms with Gasteiger partial charge in [-0.25, -0.2) is 4.90 Å². The van der Waals surface area contributed by atoms with Crippen LogP contribution in [0.1, 0.15) is 10.4 Å². The van der Waals surface area contributed by atoms with Gasteiger partial charge < -0.3 is 24.8 Å². The average Bonchev–Trinajstić information content (AvgIpc) is 3.25. The lowest BCUT2D eigenvalue weighted by Gasteiger charge is -2.15. The first kappa shape index (κ1) is 28.3. The third-order valence-electron chi connectivity index (χ3n) is 6.40. The number of benzene rings is 4. The molecule has 0 radical (unpaired) electrons. The number of nitrogens with one attached hydrogen (secondary N) is 2. The van der Waals surface area contributed by atoms with Gasteiger partial charge >= 0.3 is 0 Å². The van der Waals surface area contributed by atoms with Crippen LogP contribution >= 0.6 is 11.8 Å². The smallest absolute Gasteiger partial charge is 0.283 e. The average molecular weight is 582 g/mol. The van der Waals surface area contributed by atoms with Crippen LogP contribution < -0.4 is 29.7 Å². The second kappa shape index (κ2) is 12.5. The highest BCUT2D eigenvalue weighted by molar-refractivity contribution is 8.04. The van der Waals surface area contributed by atoms with Gasteiger partial charge in [-0.15, -0.1) is 0 Å². The van der Waals surface area contributed by atoms with E-state index in [-0.39, 0.29) is 16.5 Å². The second-order valence-corrected chi connectivity index (χ2v) is 10.1. The zero-order chi connectivity index (χ0) is 29.6. The van der Waals surface area contributed by atoms with Crippen molar-refractivity contribution in [3.8, 4) is 17.2 Å². The van der Waals surface area contributed by atoms with E-state index in [0.717, 1.165) is 16.7 Å². The first-order valence-electron chi connectivity index (χ1n) is 12.8. The number of methoxy groups -OCH3 is 3. The van der Waals surface area contributed by atoms with Crippen LogP contribution in [0.3, 0.4) is 0 Å². The van der Waals surface area contributed by atoms with Crippen molar-refractivity contribution in [3.05, 3.63) is 113 Å². The zero-order valence-electron chi connectivity index (χ0n) is 23.0. The Kier molecular flexibility index (Phi) is 8.44. The molecule has 42 heavy (non-hydrogen) atoms. The molecule has 3 amide bonds. The van der Waals surface area contributed by atoms with Crippen molar-refractivity contribution in [2.24, 2.45) is 0 Å². The van der Waals surface area contributed by atoms with Crippen molar-refractivity contribution in [2.45, 2.75) is 4.90 Å². The molecule has 2 N–H and O–H groups in total. The van der Waals surface area contributed by atoms with Gasteiger partial charge in [0.15, 0.2) is 0 Å². The molecule has 0 saturated carbocycles. The minimum Gasteiger partial charge on any atom is -0.497 e. The second-order valence-electron chi connectivity index (χ2n) is 9.01. The molecule has 0 atom stereocenters. The molecule has 0 unspecified atom stereocenters. The quantitative estimate of drug-likeness (QED) is 0.221. The molecule has 5 rings (SSSR count). The third-order valence-corrected chi connectivity index (χ3v) is 7.47. The van der Waals surface area contributed by atoms with Crippen molar-refractivity contribution in [1.29, 1.82) is 0 Å². The lowest BCUT2D eigenvalue weighted by molar-refractivity contribution is -0.120. The maximum atomic E-state index is 13.7. The number of thioether (sulfide) groups is 1. The van der Waals surface area contributed by atoms with E-state index in [9.17, 15) is 14.4 Å². The molecule has 10 heteroatoms. The Bertz CT molecular complexity index is 1650. The van der Waals surface area contributed by atoms with Crippen LogP contribution in [-0.4, -0.2) is 39.1 Å². The molecule has 1 heterocycles. The van der Waals surface area contributed by atoms with E-state index < -0.39 is 11.8 Å². The molecule has 212 valence electrons. The summed E-state index contributed by atoms with van der Waals surface area (Å²) in [5.41, 5.74) is 2.17. The number of imide groups is 1. The number of ether oxygens (including phenoxy) is 3. The Morgan fingerprint density at radius 3 is 1.86 bits per heavy atom.